The second-order valence-electron chi connectivity index (χ2n) is 7.10. The summed E-state index contributed by atoms with van der Waals surface area (Å²) in [6.07, 6.45) is -5.14. The van der Waals surface area contributed by atoms with E-state index in [9.17, 15) is 30.3 Å². The fourth-order valence-corrected chi connectivity index (χ4v) is 3.95. The van der Waals surface area contributed by atoms with Crippen LogP contribution in [0.3, 0.4) is 0 Å². The topological polar surface area (TPSA) is 146 Å². The van der Waals surface area contributed by atoms with Gasteiger partial charge in [-0.2, -0.15) is 0 Å². The predicted molar refractivity (Wildman–Crippen MR) is 80.7 cm³/mol. The van der Waals surface area contributed by atoms with Gasteiger partial charge in [-0.3, -0.25) is 4.79 Å². The molecule has 2 aliphatic heterocycles. The summed E-state index contributed by atoms with van der Waals surface area (Å²) in [5, 5.41) is 49.6. The van der Waals surface area contributed by atoms with Crippen LogP contribution in [-0.2, 0) is 19.0 Å². The van der Waals surface area contributed by atoms with Gasteiger partial charge in [-0.1, -0.05) is 0 Å². The van der Waals surface area contributed by atoms with Gasteiger partial charge in [0.2, 0.25) is 6.29 Å². The third-order valence-corrected chi connectivity index (χ3v) is 5.43. The predicted octanol–water partition coefficient (Wildman–Crippen LogP) is -1.98. The van der Waals surface area contributed by atoms with Crippen LogP contribution in [0.1, 0.15) is 19.8 Å². The average Bonchev–Trinajstić information content (AvgIpc) is 2.92. The van der Waals surface area contributed by atoms with Crippen LogP contribution in [0, 0.1) is 11.8 Å². The summed E-state index contributed by atoms with van der Waals surface area (Å²) in [6.45, 7) is 1.05. The Bertz CT molecular complexity index is 532. The van der Waals surface area contributed by atoms with Gasteiger partial charge < -0.3 is 39.7 Å². The molecule has 25 heavy (non-hydrogen) atoms. The van der Waals surface area contributed by atoms with E-state index in [-0.39, 0.29) is 5.92 Å². The van der Waals surface area contributed by atoms with E-state index in [1.54, 1.807) is 6.92 Å². The number of aldehydes is 1. The number of carbonyl (C=O) groups excluding carboxylic acids is 1. The number of rotatable bonds is 4. The molecule has 0 radical (unpaired) electrons. The molecule has 9 nitrogen and oxygen atoms in total. The maximum absolute atomic E-state index is 11.2. The molecule has 0 aromatic rings. The van der Waals surface area contributed by atoms with E-state index in [1.807, 2.05) is 0 Å². The zero-order chi connectivity index (χ0) is 18.4. The number of aliphatic hydroxyl groups is 5. The molecule has 9 heteroatoms. The lowest BCUT2D eigenvalue weighted by Gasteiger charge is -2.44. The van der Waals surface area contributed by atoms with Crippen molar-refractivity contribution in [2.24, 2.45) is 11.8 Å². The molecule has 0 aromatic carbocycles. The van der Waals surface area contributed by atoms with E-state index in [4.69, 9.17) is 14.2 Å². The van der Waals surface area contributed by atoms with Crippen LogP contribution in [0.15, 0.2) is 11.8 Å². The first-order chi connectivity index (χ1) is 11.8. The molecule has 0 aromatic heterocycles. The van der Waals surface area contributed by atoms with Gasteiger partial charge in [-0.05, 0) is 19.8 Å². The van der Waals surface area contributed by atoms with E-state index in [0.717, 1.165) is 0 Å². The molecule has 3 aliphatic rings. The molecular formula is C16H24O9. The minimum atomic E-state index is -1.57. The molecule has 3 rings (SSSR count). The van der Waals surface area contributed by atoms with E-state index in [0.29, 0.717) is 24.7 Å². The first kappa shape index (κ1) is 18.7. The molecule has 5 N–H and O–H groups in total. The minimum Gasteiger partial charge on any atom is -0.472 e. The van der Waals surface area contributed by atoms with Crippen molar-refractivity contribution in [3.63, 3.8) is 0 Å². The summed E-state index contributed by atoms with van der Waals surface area (Å²) < 4.78 is 16.4. The quantitative estimate of drug-likeness (QED) is 0.360. The van der Waals surface area contributed by atoms with Gasteiger partial charge in [0, 0.05) is 11.5 Å². The Kier molecular flexibility index (Phi) is 5.18. The minimum absolute atomic E-state index is 0.254. The van der Waals surface area contributed by atoms with Crippen LogP contribution in [0.2, 0.25) is 0 Å². The van der Waals surface area contributed by atoms with Gasteiger partial charge >= 0.3 is 0 Å². The number of hydrogen-bond acceptors (Lipinski definition) is 9. The van der Waals surface area contributed by atoms with Gasteiger partial charge in [0.05, 0.1) is 24.4 Å². The van der Waals surface area contributed by atoms with Crippen molar-refractivity contribution in [3.05, 3.63) is 11.8 Å². The number of aliphatic hydroxyl groups excluding tert-OH is 4. The summed E-state index contributed by atoms with van der Waals surface area (Å²) in [4.78, 5) is 11.2. The molecule has 0 bridgehead atoms. The summed E-state index contributed by atoms with van der Waals surface area (Å²) in [5.74, 6) is -0.818. The summed E-state index contributed by atoms with van der Waals surface area (Å²) >= 11 is 0. The Morgan fingerprint density at radius 2 is 2.00 bits per heavy atom. The molecule has 0 unspecified atom stereocenters. The van der Waals surface area contributed by atoms with Crippen molar-refractivity contribution in [1.29, 1.82) is 0 Å². The zero-order valence-electron chi connectivity index (χ0n) is 13.8. The van der Waals surface area contributed by atoms with Crippen LogP contribution in [0.25, 0.3) is 0 Å². The molecule has 2 fully saturated rings. The molecule has 1 aliphatic carbocycles. The summed E-state index contributed by atoms with van der Waals surface area (Å²) in [5.41, 5.74) is -0.720. The SMILES string of the molecule is C[C@@]1(O)CC[C@H]2C(C=O)=CO[C@H](O[C@@H]3O[C@H](CO)[C@@H](O)[C@H](O)[C@H]3O)[C@H]21. The highest BCUT2D eigenvalue weighted by atomic mass is 16.8. The smallest absolute Gasteiger partial charge is 0.207 e. The van der Waals surface area contributed by atoms with Crippen molar-refractivity contribution in [2.45, 2.75) is 62.4 Å². The molecule has 1 saturated heterocycles. The molecule has 1 saturated carbocycles. The fraction of sp³-hybridized carbons (Fsp3) is 0.812. The number of allylic oxidation sites excluding steroid dienone is 1. The number of carbonyl (C=O) groups is 1. The molecule has 0 spiro atoms. The van der Waals surface area contributed by atoms with Crippen LogP contribution in [0.4, 0.5) is 0 Å². The Hall–Kier alpha value is -1.07. The lowest BCUT2D eigenvalue weighted by molar-refractivity contribution is -0.346. The average molecular weight is 360 g/mol. The summed E-state index contributed by atoms with van der Waals surface area (Å²) in [7, 11) is 0. The van der Waals surface area contributed by atoms with Crippen LogP contribution in [-0.4, -0.2) is 81.0 Å². The third kappa shape index (κ3) is 3.21. The van der Waals surface area contributed by atoms with Gasteiger partial charge in [-0.25, -0.2) is 0 Å². The highest BCUT2D eigenvalue weighted by Gasteiger charge is 2.54. The molecule has 0 amide bonds. The number of hydrogen-bond donors (Lipinski definition) is 5. The molecule has 9 atom stereocenters. The van der Waals surface area contributed by atoms with Gasteiger partial charge in [-0.15, -0.1) is 0 Å². The molecule has 2 heterocycles. The monoisotopic (exact) mass is 360 g/mol. The normalized spacial score (nSPS) is 49.9. The standard InChI is InChI=1S/C16H24O9/c1-16(22)3-2-8-7(4-17)6-23-14(10(8)16)25-15-13(21)12(20)11(19)9(5-18)24-15/h4,6,8-15,18-22H,2-3,5H2,1H3/t8-,9+,10-,11+,12-,13+,14+,15-,16+/m0/s1. The van der Waals surface area contributed by atoms with E-state index < -0.39 is 55.1 Å². The van der Waals surface area contributed by atoms with Crippen molar-refractivity contribution in [2.75, 3.05) is 6.61 Å². The third-order valence-electron chi connectivity index (χ3n) is 5.43. The molecule has 142 valence electrons. The number of fused-ring (bicyclic) bond motifs is 1. The van der Waals surface area contributed by atoms with Crippen molar-refractivity contribution in [1.82, 2.24) is 0 Å². The largest absolute Gasteiger partial charge is 0.472 e. The molecular weight excluding hydrogens is 336 g/mol. The van der Waals surface area contributed by atoms with E-state index >= 15 is 0 Å². The first-order valence-corrected chi connectivity index (χ1v) is 8.29. The van der Waals surface area contributed by atoms with E-state index in [1.165, 1.54) is 6.26 Å². The number of ether oxygens (including phenoxy) is 3. The maximum Gasteiger partial charge on any atom is 0.207 e. The second kappa shape index (κ2) is 6.92. The van der Waals surface area contributed by atoms with Crippen molar-refractivity contribution < 1.29 is 44.5 Å². The first-order valence-electron chi connectivity index (χ1n) is 8.29. The second-order valence-corrected chi connectivity index (χ2v) is 7.10. The highest BCUT2D eigenvalue weighted by molar-refractivity contribution is 5.74. The van der Waals surface area contributed by atoms with E-state index in [2.05, 4.69) is 0 Å². The van der Waals surface area contributed by atoms with Crippen LogP contribution >= 0.6 is 0 Å². The van der Waals surface area contributed by atoms with Crippen LogP contribution < -0.4 is 0 Å². The summed E-state index contributed by atoms with van der Waals surface area (Å²) in [6, 6.07) is 0. The maximum atomic E-state index is 11.2. The zero-order valence-corrected chi connectivity index (χ0v) is 13.8. The fourth-order valence-electron chi connectivity index (χ4n) is 3.95. The van der Waals surface area contributed by atoms with Crippen molar-refractivity contribution >= 4 is 6.29 Å². The lowest BCUT2D eigenvalue weighted by atomic mass is 9.81. The van der Waals surface area contributed by atoms with Gasteiger partial charge in [0.15, 0.2) is 6.29 Å². The van der Waals surface area contributed by atoms with Crippen molar-refractivity contribution in [3.8, 4) is 0 Å². The lowest BCUT2D eigenvalue weighted by Crippen LogP contribution is -2.60. The van der Waals surface area contributed by atoms with Gasteiger partial charge in [0.1, 0.15) is 30.7 Å². The highest BCUT2D eigenvalue weighted by Crippen LogP contribution is 2.48. The van der Waals surface area contributed by atoms with Gasteiger partial charge in [0.25, 0.3) is 0 Å². The van der Waals surface area contributed by atoms with Crippen LogP contribution in [0.5, 0.6) is 0 Å². The Balaban J connectivity index is 1.79. The Labute approximate surface area is 144 Å². The Morgan fingerprint density at radius 3 is 2.64 bits per heavy atom. The Morgan fingerprint density at radius 1 is 1.28 bits per heavy atom.